The van der Waals surface area contributed by atoms with E-state index in [1.807, 2.05) is 0 Å². The lowest BCUT2D eigenvalue weighted by atomic mass is 9.79. The Labute approximate surface area is 132 Å². The molecule has 1 N–H and O–H groups in total. The molecule has 0 heterocycles. The summed E-state index contributed by atoms with van der Waals surface area (Å²) in [6.07, 6.45) is 0. The second kappa shape index (κ2) is 5.05. The monoisotopic (exact) mass is 310 g/mol. The van der Waals surface area contributed by atoms with E-state index in [0.29, 0.717) is 5.56 Å². The molecule has 0 bridgehead atoms. The number of fused-ring (bicyclic) bond motifs is 2. The zero-order valence-corrected chi connectivity index (χ0v) is 12.9. The number of methoxy groups -OCH3 is 1. The number of carbonyl (C=O) groups excluding carboxylic acids is 3. The molecule has 0 fully saturated rings. The van der Waals surface area contributed by atoms with Gasteiger partial charge in [0, 0.05) is 28.3 Å². The number of Topliss-reactive ketones (excluding diaryl/α,β-unsaturated/α-hetero) is 1. The van der Waals surface area contributed by atoms with Gasteiger partial charge in [-0.2, -0.15) is 0 Å². The largest absolute Gasteiger partial charge is 0.507 e. The number of phenolic OH excluding ortho intramolecular Hbond substituents is 1. The normalized spacial score (nSPS) is 12.7. The second-order valence-electron chi connectivity index (χ2n) is 5.46. The molecule has 23 heavy (non-hydrogen) atoms. The van der Waals surface area contributed by atoms with Crippen LogP contribution in [0.5, 0.6) is 11.5 Å². The summed E-state index contributed by atoms with van der Waals surface area (Å²) in [7, 11) is 1.40. The van der Waals surface area contributed by atoms with Crippen LogP contribution in [0.15, 0.2) is 24.3 Å². The Morgan fingerprint density at radius 3 is 2.30 bits per heavy atom. The molecule has 0 saturated carbocycles. The van der Waals surface area contributed by atoms with Crippen molar-refractivity contribution in [1.29, 1.82) is 0 Å². The van der Waals surface area contributed by atoms with Gasteiger partial charge in [-0.15, -0.1) is 0 Å². The van der Waals surface area contributed by atoms with Crippen molar-refractivity contribution in [3.63, 3.8) is 0 Å². The minimum absolute atomic E-state index is 0.0486. The maximum absolute atomic E-state index is 12.9. The van der Waals surface area contributed by atoms with E-state index in [4.69, 9.17) is 4.74 Å². The predicted molar refractivity (Wildman–Crippen MR) is 82.7 cm³/mol. The van der Waals surface area contributed by atoms with Gasteiger partial charge in [0.2, 0.25) is 0 Å². The molecule has 116 valence electrons. The maximum Gasteiger partial charge on any atom is 0.198 e. The summed E-state index contributed by atoms with van der Waals surface area (Å²) < 4.78 is 5.04. The van der Waals surface area contributed by atoms with Crippen molar-refractivity contribution in [3.8, 4) is 11.5 Å². The van der Waals surface area contributed by atoms with Crippen LogP contribution in [0.4, 0.5) is 0 Å². The lowest BCUT2D eigenvalue weighted by Gasteiger charge is -2.21. The minimum Gasteiger partial charge on any atom is -0.507 e. The van der Waals surface area contributed by atoms with Gasteiger partial charge in [0.15, 0.2) is 17.3 Å². The van der Waals surface area contributed by atoms with Crippen LogP contribution in [-0.4, -0.2) is 29.6 Å². The third-order valence-corrected chi connectivity index (χ3v) is 4.04. The summed E-state index contributed by atoms with van der Waals surface area (Å²) in [5.41, 5.74) is 1.11. The van der Waals surface area contributed by atoms with Gasteiger partial charge in [-0.3, -0.25) is 14.4 Å². The topological polar surface area (TPSA) is 80.7 Å². The number of aryl methyl sites for hydroxylation is 1. The first-order chi connectivity index (χ1) is 10.9. The molecular formula is C18H14O5. The van der Waals surface area contributed by atoms with Gasteiger partial charge in [0.05, 0.1) is 12.7 Å². The molecule has 0 aromatic heterocycles. The number of aromatic hydroxyl groups is 1. The third kappa shape index (κ3) is 2.04. The lowest BCUT2D eigenvalue weighted by Crippen LogP contribution is -2.24. The lowest BCUT2D eigenvalue weighted by molar-refractivity contribution is 0.0965. The summed E-state index contributed by atoms with van der Waals surface area (Å²) in [5.74, 6) is -1.26. The van der Waals surface area contributed by atoms with Gasteiger partial charge in [0.1, 0.15) is 11.5 Å². The number of ketones is 3. The van der Waals surface area contributed by atoms with Gasteiger partial charge < -0.3 is 9.84 Å². The quantitative estimate of drug-likeness (QED) is 0.736. The number of benzene rings is 2. The molecule has 0 saturated heterocycles. The zero-order valence-electron chi connectivity index (χ0n) is 12.9. The molecule has 5 heteroatoms. The van der Waals surface area contributed by atoms with Crippen molar-refractivity contribution in [2.45, 2.75) is 13.8 Å². The number of rotatable bonds is 2. The molecule has 0 unspecified atom stereocenters. The van der Waals surface area contributed by atoms with Crippen molar-refractivity contribution in [2.75, 3.05) is 7.11 Å². The van der Waals surface area contributed by atoms with Crippen molar-refractivity contribution in [3.05, 3.63) is 57.6 Å². The smallest absolute Gasteiger partial charge is 0.198 e. The Hall–Kier alpha value is -2.95. The highest BCUT2D eigenvalue weighted by molar-refractivity contribution is 6.31. The highest BCUT2D eigenvalue weighted by Crippen LogP contribution is 2.37. The maximum atomic E-state index is 12.9. The summed E-state index contributed by atoms with van der Waals surface area (Å²) in [4.78, 5) is 37.5. The van der Waals surface area contributed by atoms with Crippen molar-refractivity contribution in [2.24, 2.45) is 0 Å². The molecule has 1 aliphatic carbocycles. The number of carbonyl (C=O) groups is 3. The Balaban J connectivity index is 2.39. The first-order valence-corrected chi connectivity index (χ1v) is 7.01. The Morgan fingerprint density at radius 1 is 1.04 bits per heavy atom. The van der Waals surface area contributed by atoms with Gasteiger partial charge in [-0.1, -0.05) is 6.07 Å². The molecule has 5 nitrogen and oxygen atoms in total. The molecule has 0 amide bonds. The second-order valence-corrected chi connectivity index (χ2v) is 5.46. The average Bonchev–Trinajstić information content (AvgIpc) is 2.50. The van der Waals surface area contributed by atoms with Crippen molar-refractivity contribution < 1.29 is 24.2 Å². The average molecular weight is 310 g/mol. The molecule has 0 atom stereocenters. The summed E-state index contributed by atoms with van der Waals surface area (Å²) >= 11 is 0. The molecule has 2 aromatic carbocycles. The van der Waals surface area contributed by atoms with Crippen LogP contribution < -0.4 is 4.74 Å². The fraction of sp³-hybridized carbons (Fsp3) is 0.167. The molecule has 0 aliphatic heterocycles. The van der Waals surface area contributed by atoms with E-state index >= 15 is 0 Å². The van der Waals surface area contributed by atoms with Crippen LogP contribution in [0.1, 0.15) is 54.7 Å². The number of hydrogen-bond acceptors (Lipinski definition) is 5. The highest BCUT2D eigenvalue weighted by Gasteiger charge is 2.35. The molecule has 1 aliphatic rings. The van der Waals surface area contributed by atoms with Crippen LogP contribution in [0.2, 0.25) is 0 Å². The fourth-order valence-corrected chi connectivity index (χ4v) is 2.99. The van der Waals surface area contributed by atoms with Crippen molar-refractivity contribution >= 4 is 17.3 Å². The molecule has 3 rings (SSSR count). The van der Waals surface area contributed by atoms with Crippen LogP contribution >= 0.6 is 0 Å². The van der Waals surface area contributed by atoms with Gasteiger partial charge in [-0.25, -0.2) is 0 Å². The van der Waals surface area contributed by atoms with Gasteiger partial charge in [0.25, 0.3) is 0 Å². The fourth-order valence-electron chi connectivity index (χ4n) is 2.99. The Bertz CT molecular complexity index is 893. The molecule has 2 aromatic rings. The standard InChI is InChI=1S/C18H14O5/c1-8-4-5-11-16(14(8)9(2)19)18(22)12-6-10(23-3)7-13(20)15(12)17(11)21/h4-7,20H,1-3H3. The third-order valence-electron chi connectivity index (χ3n) is 4.04. The molecule has 0 spiro atoms. The number of ether oxygens (including phenoxy) is 1. The summed E-state index contributed by atoms with van der Waals surface area (Å²) in [5, 5.41) is 10.1. The zero-order chi connectivity index (χ0) is 16.9. The Morgan fingerprint density at radius 2 is 1.70 bits per heavy atom. The first kappa shape index (κ1) is 15.0. The van der Waals surface area contributed by atoms with Gasteiger partial charge >= 0.3 is 0 Å². The van der Waals surface area contributed by atoms with E-state index in [-0.39, 0.29) is 45.1 Å². The highest BCUT2D eigenvalue weighted by atomic mass is 16.5. The molecular weight excluding hydrogens is 296 g/mol. The van der Waals surface area contributed by atoms with Crippen LogP contribution in [0, 0.1) is 6.92 Å². The van der Waals surface area contributed by atoms with Crippen molar-refractivity contribution in [1.82, 2.24) is 0 Å². The van der Waals surface area contributed by atoms with Crippen LogP contribution in [-0.2, 0) is 0 Å². The molecule has 0 radical (unpaired) electrons. The van der Waals surface area contributed by atoms with E-state index in [0.717, 1.165) is 0 Å². The van der Waals surface area contributed by atoms with E-state index in [1.165, 1.54) is 32.2 Å². The van der Waals surface area contributed by atoms with E-state index < -0.39 is 11.6 Å². The number of phenols is 1. The summed E-state index contributed by atoms with van der Waals surface area (Å²) in [6.45, 7) is 3.08. The van der Waals surface area contributed by atoms with Crippen LogP contribution in [0.3, 0.4) is 0 Å². The predicted octanol–water partition coefficient (Wildman–Crippen LogP) is 2.69. The van der Waals surface area contributed by atoms with E-state index in [1.54, 1.807) is 13.0 Å². The minimum atomic E-state index is -0.475. The van der Waals surface area contributed by atoms with E-state index in [2.05, 4.69) is 0 Å². The summed E-state index contributed by atoms with van der Waals surface area (Å²) in [6, 6.07) is 5.84. The first-order valence-electron chi connectivity index (χ1n) is 7.01. The number of hydrogen-bond donors (Lipinski definition) is 1. The Kier molecular flexibility index (Phi) is 3.29. The van der Waals surface area contributed by atoms with Crippen LogP contribution in [0.25, 0.3) is 0 Å². The van der Waals surface area contributed by atoms with Gasteiger partial charge in [-0.05, 0) is 31.5 Å². The van der Waals surface area contributed by atoms with E-state index in [9.17, 15) is 19.5 Å². The SMILES string of the molecule is COc1cc(O)c2c(c1)C(=O)c1c(ccc(C)c1C(C)=O)C2=O.